The molecule has 0 bridgehead atoms. The number of hydrogen-bond acceptors (Lipinski definition) is 5. The number of likely N-dealkylation sites (tertiary alicyclic amines) is 1. The maximum atomic E-state index is 13.5. The van der Waals surface area contributed by atoms with Crippen molar-refractivity contribution in [2.45, 2.75) is 25.9 Å². The number of carbonyl (C=O) groups excluding carboxylic acids is 2. The zero-order valence-corrected chi connectivity index (χ0v) is 19.4. The van der Waals surface area contributed by atoms with E-state index in [1.54, 1.807) is 37.4 Å². The Morgan fingerprint density at radius 2 is 1.88 bits per heavy atom. The van der Waals surface area contributed by atoms with Crippen LogP contribution in [0.5, 0.6) is 11.5 Å². The third kappa shape index (κ3) is 4.39. The number of hydrogen-bond donors (Lipinski definition) is 1. The number of aromatic amines is 1. The Labute approximate surface area is 198 Å². The highest BCUT2D eigenvalue weighted by Gasteiger charge is 2.45. The van der Waals surface area contributed by atoms with Crippen LogP contribution in [0.4, 0.5) is 0 Å². The summed E-state index contributed by atoms with van der Waals surface area (Å²) in [5.41, 5.74) is 1.86. The van der Waals surface area contributed by atoms with Crippen LogP contribution in [0.1, 0.15) is 29.2 Å². The maximum absolute atomic E-state index is 13.5. The summed E-state index contributed by atoms with van der Waals surface area (Å²) in [6, 6.07) is 11.3. The van der Waals surface area contributed by atoms with Gasteiger partial charge in [0.15, 0.2) is 0 Å². The molecule has 0 spiro atoms. The van der Waals surface area contributed by atoms with Gasteiger partial charge in [-0.3, -0.25) is 14.6 Å². The van der Waals surface area contributed by atoms with E-state index >= 15 is 0 Å². The molecule has 1 N–H and O–H groups in total. The summed E-state index contributed by atoms with van der Waals surface area (Å²) in [5.74, 6) is -0.909. The molecule has 1 aromatic heterocycles. The van der Waals surface area contributed by atoms with Crippen molar-refractivity contribution < 1.29 is 28.7 Å². The Morgan fingerprint density at radius 1 is 1.12 bits per heavy atom. The van der Waals surface area contributed by atoms with Gasteiger partial charge < -0.3 is 19.5 Å². The second-order valence-electron chi connectivity index (χ2n) is 8.15. The normalized spacial score (nSPS) is 17.3. The number of nitrogens with zero attached hydrogens (tertiary/aromatic N) is 2. The molecule has 8 heteroatoms. The van der Waals surface area contributed by atoms with Crippen molar-refractivity contribution in [2.24, 2.45) is 0 Å². The Kier molecular flexibility index (Phi) is 6.67. The van der Waals surface area contributed by atoms with E-state index in [1.165, 1.54) is 12.0 Å². The van der Waals surface area contributed by atoms with Crippen molar-refractivity contribution in [2.75, 3.05) is 20.8 Å². The van der Waals surface area contributed by atoms with E-state index in [0.717, 1.165) is 5.56 Å². The summed E-state index contributed by atoms with van der Waals surface area (Å²) < 4.78 is 12.8. The number of rotatable bonds is 8. The third-order valence-corrected chi connectivity index (χ3v) is 6.00. The van der Waals surface area contributed by atoms with Gasteiger partial charge in [-0.05, 0) is 24.6 Å². The average molecular weight is 462 g/mol. The molecule has 3 aromatic rings. The lowest BCUT2D eigenvalue weighted by molar-refractivity contribution is -0.695. The lowest BCUT2D eigenvalue weighted by atomic mass is 9.94. The lowest BCUT2D eigenvalue weighted by Crippen LogP contribution is -2.36. The molecule has 0 aliphatic carbocycles. The molecule has 1 saturated heterocycles. The van der Waals surface area contributed by atoms with Crippen molar-refractivity contribution >= 4 is 17.4 Å². The summed E-state index contributed by atoms with van der Waals surface area (Å²) in [6.45, 7) is 2.86. The van der Waals surface area contributed by atoms with Crippen LogP contribution < -0.4 is 19.1 Å². The molecule has 8 nitrogen and oxygen atoms in total. The SMILES string of the molecule is COc1ccc(C2C(=C([O-])c3ccc(C)cc3)C(=O)C(=O)N2CCC[n+]2cc[nH]c2)c(OC)c1. The molecule has 1 amide bonds. The number of H-pyrrole nitrogens is 1. The van der Waals surface area contributed by atoms with E-state index in [-0.39, 0.29) is 5.57 Å². The number of aromatic nitrogens is 2. The summed E-state index contributed by atoms with van der Waals surface area (Å²) in [4.78, 5) is 30.8. The van der Waals surface area contributed by atoms with Crippen LogP contribution in [0.3, 0.4) is 0 Å². The fraction of sp³-hybridized carbons (Fsp3) is 0.269. The number of ketones is 1. The molecule has 1 atom stereocenters. The van der Waals surface area contributed by atoms with Gasteiger partial charge in [0.1, 0.15) is 23.9 Å². The first-order valence-electron chi connectivity index (χ1n) is 11.0. The monoisotopic (exact) mass is 461 g/mol. The molecule has 4 rings (SSSR count). The number of ether oxygens (including phenoxy) is 2. The van der Waals surface area contributed by atoms with Gasteiger partial charge in [-0.2, -0.15) is 0 Å². The van der Waals surface area contributed by atoms with Crippen molar-refractivity contribution in [3.63, 3.8) is 0 Å². The number of Topliss-reactive ketones (excluding diaryl/α,β-unsaturated/α-hetero) is 1. The second kappa shape index (κ2) is 9.82. The van der Waals surface area contributed by atoms with Crippen LogP contribution in [0, 0.1) is 6.92 Å². The maximum Gasteiger partial charge on any atom is 0.295 e. The minimum Gasteiger partial charge on any atom is -0.872 e. The smallest absolute Gasteiger partial charge is 0.295 e. The summed E-state index contributed by atoms with van der Waals surface area (Å²) >= 11 is 0. The van der Waals surface area contributed by atoms with Crippen molar-refractivity contribution in [1.82, 2.24) is 9.88 Å². The standard InChI is InChI=1S/C26H27N3O5/c1-17-5-7-18(8-6-17)24(30)22-23(20-10-9-19(33-2)15-21(20)34-3)29(26(32)25(22)31)13-4-12-28-14-11-27-16-28/h5-11,14-16,23H,4,12-13H2,1-3H3,(H,30,31). The average Bonchev–Trinajstić information content (AvgIpc) is 3.46. The first-order valence-corrected chi connectivity index (χ1v) is 11.0. The lowest BCUT2D eigenvalue weighted by Gasteiger charge is -2.28. The Morgan fingerprint density at radius 3 is 2.53 bits per heavy atom. The molecule has 0 radical (unpaired) electrons. The first kappa shape index (κ1) is 23.1. The highest BCUT2D eigenvalue weighted by molar-refractivity contribution is 6.46. The number of amides is 1. The summed E-state index contributed by atoms with van der Waals surface area (Å²) in [5, 5.41) is 13.5. The first-order chi connectivity index (χ1) is 16.4. The van der Waals surface area contributed by atoms with E-state index in [2.05, 4.69) is 4.98 Å². The van der Waals surface area contributed by atoms with Crippen LogP contribution in [0.25, 0.3) is 5.76 Å². The van der Waals surface area contributed by atoms with Gasteiger partial charge in [-0.25, -0.2) is 4.57 Å². The number of aryl methyl sites for hydroxylation is 2. The van der Waals surface area contributed by atoms with Crippen molar-refractivity contribution in [3.8, 4) is 11.5 Å². The van der Waals surface area contributed by atoms with E-state index in [0.29, 0.717) is 42.1 Å². The highest BCUT2D eigenvalue weighted by atomic mass is 16.5. The Bertz CT molecular complexity index is 1220. The number of nitrogens with one attached hydrogen (secondary N) is 1. The molecule has 1 fully saturated rings. The van der Waals surface area contributed by atoms with Gasteiger partial charge in [0.05, 0.1) is 26.8 Å². The van der Waals surface area contributed by atoms with Gasteiger partial charge in [-0.1, -0.05) is 35.6 Å². The quantitative estimate of drug-likeness (QED) is 0.239. The molecule has 34 heavy (non-hydrogen) atoms. The topological polar surface area (TPSA) is 98.6 Å². The fourth-order valence-corrected chi connectivity index (χ4v) is 4.21. The van der Waals surface area contributed by atoms with E-state index < -0.39 is 23.5 Å². The molecule has 2 heterocycles. The fourth-order valence-electron chi connectivity index (χ4n) is 4.21. The predicted octanol–water partition coefficient (Wildman–Crippen LogP) is 1.94. The minimum absolute atomic E-state index is 0.0633. The largest absolute Gasteiger partial charge is 0.872 e. The molecular weight excluding hydrogens is 434 g/mol. The van der Waals surface area contributed by atoms with Crippen LogP contribution in [0.15, 0.2) is 66.8 Å². The van der Waals surface area contributed by atoms with Gasteiger partial charge in [-0.15, -0.1) is 0 Å². The number of imidazole rings is 1. The van der Waals surface area contributed by atoms with Crippen LogP contribution in [-0.4, -0.2) is 42.3 Å². The number of benzene rings is 2. The molecule has 176 valence electrons. The molecule has 1 aliphatic rings. The van der Waals surface area contributed by atoms with Crippen molar-refractivity contribution in [3.05, 3.63) is 83.4 Å². The molecule has 1 unspecified atom stereocenters. The Balaban J connectivity index is 1.79. The third-order valence-electron chi connectivity index (χ3n) is 6.00. The predicted molar refractivity (Wildman–Crippen MR) is 123 cm³/mol. The van der Waals surface area contributed by atoms with Crippen LogP contribution in [-0.2, 0) is 16.1 Å². The number of carbonyl (C=O) groups is 2. The van der Waals surface area contributed by atoms with Gasteiger partial charge in [0, 0.05) is 30.2 Å². The zero-order chi connectivity index (χ0) is 24.2. The zero-order valence-electron chi connectivity index (χ0n) is 19.4. The second-order valence-corrected chi connectivity index (χ2v) is 8.15. The molecule has 2 aromatic carbocycles. The van der Waals surface area contributed by atoms with Crippen molar-refractivity contribution in [1.29, 1.82) is 0 Å². The molecule has 0 saturated carbocycles. The minimum atomic E-state index is -0.856. The summed E-state index contributed by atoms with van der Waals surface area (Å²) in [6.07, 6.45) is 6.11. The number of methoxy groups -OCH3 is 2. The van der Waals surface area contributed by atoms with Gasteiger partial charge >= 0.3 is 0 Å². The van der Waals surface area contributed by atoms with E-state index in [9.17, 15) is 14.7 Å². The molecule has 1 aliphatic heterocycles. The highest BCUT2D eigenvalue weighted by Crippen LogP contribution is 2.43. The van der Waals surface area contributed by atoms with Gasteiger partial charge in [0.2, 0.25) is 12.1 Å². The Hall–Kier alpha value is -4.07. The molecular formula is C26H27N3O5. The van der Waals surface area contributed by atoms with E-state index in [4.69, 9.17) is 9.47 Å². The van der Waals surface area contributed by atoms with Gasteiger partial charge in [0.25, 0.3) is 5.91 Å². The van der Waals surface area contributed by atoms with Crippen LogP contribution in [0.2, 0.25) is 0 Å². The van der Waals surface area contributed by atoms with Crippen LogP contribution >= 0.6 is 0 Å². The summed E-state index contributed by atoms with van der Waals surface area (Å²) in [7, 11) is 3.05. The van der Waals surface area contributed by atoms with E-state index in [1.807, 2.05) is 42.3 Å².